The quantitative estimate of drug-likeness (QED) is 0.833. The first kappa shape index (κ1) is 17.0. The van der Waals surface area contributed by atoms with Gasteiger partial charge in [-0.15, -0.1) is 0 Å². The number of aromatic nitrogens is 2. The maximum absolute atomic E-state index is 12.6. The molecule has 7 nitrogen and oxygen atoms in total. The lowest BCUT2D eigenvalue weighted by Crippen LogP contribution is -2.32. The van der Waals surface area contributed by atoms with E-state index in [1.807, 2.05) is 31.1 Å². The van der Waals surface area contributed by atoms with E-state index in [-0.39, 0.29) is 17.6 Å². The predicted octanol–water partition coefficient (Wildman–Crippen LogP) is 1.14. The van der Waals surface area contributed by atoms with Crippen molar-refractivity contribution in [2.75, 3.05) is 32.1 Å². The summed E-state index contributed by atoms with van der Waals surface area (Å²) >= 11 is 0. The maximum atomic E-state index is 12.6. The van der Waals surface area contributed by atoms with E-state index in [9.17, 15) is 9.59 Å². The van der Waals surface area contributed by atoms with Crippen molar-refractivity contribution in [3.05, 3.63) is 52.6 Å². The summed E-state index contributed by atoms with van der Waals surface area (Å²) in [6.07, 6.45) is 4.00. The Morgan fingerprint density at radius 2 is 2.16 bits per heavy atom. The van der Waals surface area contributed by atoms with E-state index in [0.717, 1.165) is 12.2 Å². The lowest BCUT2D eigenvalue weighted by atomic mass is 10.2. The SMILES string of the molecule is CN(C)c1ncccc1O[C@H]1CCN(C(=O)c2ccn(C)c(=O)c2)C1. The molecule has 3 rings (SSSR count). The van der Waals surface area contributed by atoms with Crippen molar-refractivity contribution in [2.24, 2.45) is 7.05 Å². The molecule has 132 valence electrons. The zero-order valence-corrected chi connectivity index (χ0v) is 14.7. The minimum atomic E-state index is -0.191. The van der Waals surface area contributed by atoms with Crippen molar-refractivity contribution in [3.63, 3.8) is 0 Å². The van der Waals surface area contributed by atoms with Gasteiger partial charge in [0.1, 0.15) is 6.10 Å². The number of hydrogen-bond donors (Lipinski definition) is 0. The summed E-state index contributed by atoms with van der Waals surface area (Å²) in [4.78, 5) is 32.3. The summed E-state index contributed by atoms with van der Waals surface area (Å²) in [6, 6.07) is 6.76. The Morgan fingerprint density at radius 3 is 2.88 bits per heavy atom. The number of amides is 1. The summed E-state index contributed by atoms with van der Waals surface area (Å²) in [6.45, 7) is 1.10. The van der Waals surface area contributed by atoms with Crippen molar-refractivity contribution in [1.29, 1.82) is 0 Å². The first-order valence-electron chi connectivity index (χ1n) is 8.20. The third-order valence-electron chi connectivity index (χ3n) is 4.25. The molecule has 1 fully saturated rings. The van der Waals surface area contributed by atoms with Gasteiger partial charge < -0.3 is 19.1 Å². The van der Waals surface area contributed by atoms with Crippen molar-refractivity contribution in [1.82, 2.24) is 14.5 Å². The molecule has 1 amide bonds. The third-order valence-corrected chi connectivity index (χ3v) is 4.25. The molecule has 0 N–H and O–H groups in total. The van der Waals surface area contributed by atoms with Crippen molar-refractivity contribution in [3.8, 4) is 5.75 Å². The topological polar surface area (TPSA) is 67.7 Å². The van der Waals surface area contributed by atoms with Crippen LogP contribution in [0.2, 0.25) is 0 Å². The van der Waals surface area contributed by atoms with Gasteiger partial charge in [-0.2, -0.15) is 0 Å². The highest BCUT2D eigenvalue weighted by molar-refractivity contribution is 5.94. The molecule has 1 aliphatic heterocycles. The van der Waals surface area contributed by atoms with Crippen LogP contribution in [0.25, 0.3) is 0 Å². The maximum Gasteiger partial charge on any atom is 0.254 e. The van der Waals surface area contributed by atoms with Crippen LogP contribution in [0.1, 0.15) is 16.8 Å². The predicted molar refractivity (Wildman–Crippen MR) is 95.2 cm³/mol. The number of hydrogen-bond acceptors (Lipinski definition) is 5. The summed E-state index contributed by atoms with van der Waals surface area (Å²) < 4.78 is 7.51. The van der Waals surface area contributed by atoms with Gasteiger partial charge in [0.15, 0.2) is 11.6 Å². The molecule has 0 saturated carbocycles. The monoisotopic (exact) mass is 342 g/mol. The molecule has 1 saturated heterocycles. The van der Waals surface area contributed by atoms with E-state index in [1.54, 1.807) is 30.4 Å². The second kappa shape index (κ2) is 6.96. The summed E-state index contributed by atoms with van der Waals surface area (Å²) in [5.74, 6) is 1.34. The Kier molecular flexibility index (Phi) is 4.74. The van der Waals surface area contributed by atoms with Crippen molar-refractivity contribution < 1.29 is 9.53 Å². The number of likely N-dealkylation sites (tertiary alicyclic amines) is 1. The first-order valence-corrected chi connectivity index (χ1v) is 8.20. The van der Waals surface area contributed by atoms with Crippen LogP contribution in [-0.2, 0) is 7.05 Å². The fourth-order valence-electron chi connectivity index (χ4n) is 2.86. The normalized spacial score (nSPS) is 16.8. The summed E-state index contributed by atoms with van der Waals surface area (Å²) in [5.41, 5.74) is 0.225. The number of pyridine rings is 2. The van der Waals surface area contributed by atoms with Gasteiger partial charge in [-0.3, -0.25) is 9.59 Å². The molecule has 0 aliphatic carbocycles. The number of rotatable bonds is 4. The van der Waals surface area contributed by atoms with E-state index in [0.29, 0.717) is 24.4 Å². The molecule has 0 radical (unpaired) electrons. The molecule has 7 heteroatoms. The van der Waals surface area contributed by atoms with Crippen LogP contribution in [-0.4, -0.2) is 53.6 Å². The van der Waals surface area contributed by atoms with E-state index >= 15 is 0 Å². The zero-order chi connectivity index (χ0) is 18.0. The second-order valence-corrected chi connectivity index (χ2v) is 6.36. The van der Waals surface area contributed by atoms with Crippen molar-refractivity contribution >= 4 is 11.7 Å². The molecule has 3 heterocycles. The van der Waals surface area contributed by atoms with E-state index in [2.05, 4.69) is 4.98 Å². The van der Waals surface area contributed by atoms with Crippen LogP contribution < -0.4 is 15.2 Å². The van der Waals surface area contributed by atoms with Crippen LogP contribution in [0, 0.1) is 0 Å². The Bertz CT molecular complexity index is 831. The first-order chi connectivity index (χ1) is 12.0. The molecule has 0 spiro atoms. The minimum Gasteiger partial charge on any atom is -0.485 e. The Balaban J connectivity index is 1.68. The van der Waals surface area contributed by atoms with Gasteiger partial charge in [-0.05, 0) is 18.2 Å². The second-order valence-electron chi connectivity index (χ2n) is 6.36. The molecule has 25 heavy (non-hydrogen) atoms. The molecule has 1 atom stereocenters. The smallest absolute Gasteiger partial charge is 0.254 e. The molecule has 0 unspecified atom stereocenters. The van der Waals surface area contributed by atoms with Gasteiger partial charge in [0.05, 0.1) is 6.54 Å². The van der Waals surface area contributed by atoms with E-state index in [1.165, 1.54) is 10.6 Å². The number of carbonyl (C=O) groups excluding carboxylic acids is 1. The molecule has 2 aromatic rings. The number of nitrogens with zero attached hydrogens (tertiary/aromatic N) is 4. The van der Waals surface area contributed by atoms with E-state index in [4.69, 9.17) is 4.74 Å². The van der Waals surface area contributed by atoms with Gasteiger partial charge in [0, 0.05) is 58.1 Å². The van der Waals surface area contributed by atoms with Gasteiger partial charge in [-0.1, -0.05) is 0 Å². The fourth-order valence-corrected chi connectivity index (χ4v) is 2.86. The highest BCUT2D eigenvalue weighted by Gasteiger charge is 2.29. The average molecular weight is 342 g/mol. The zero-order valence-electron chi connectivity index (χ0n) is 14.7. The number of anilines is 1. The lowest BCUT2D eigenvalue weighted by molar-refractivity contribution is 0.0772. The lowest BCUT2D eigenvalue weighted by Gasteiger charge is -2.20. The largest absolute Gasteiger partial charge is 0.485 e. The van der Waals surface area contributed by atoms with Crippen molar-refractivity contribution in [2.45, 2.75) is 12.5 Å². The highest BCUT2D eigenvalue weighted by Crippen LogP contribution is 2.27. The van der Waals surface area contributed by atoms with Crippen LogP contribution in [0.3, 0.4) is 0 Å². The van der Waals surface area contributed by atoms with Crippen LogP contribution in [0.4, 0.5) is 5.82 Å². The van der Waals surface area contributed by atoms with E-state index < -0.39 is 0 Å². The highest BCUT2D eigenvalue weighted by atomic mass is 16.5. The number of carbonyl (C=O) groups is 1. The Morgan fingerprint density at radius 1 is 1.36 bits per heavy atom. The summed E-state index contributed by atoms with van der Waals surface area (Å²) in [7, 11) is 5.48. The number of ether oxygens (including phenoxy) is 1. The van der Waals surface area contributed by atoms with Gasteiger partial charge in [0.25, 0.3) is 11.5 Å². The van der Waals surface area contributed by atoms with Crippen LogP contribution in [0.5, 0.6) is 5.75 Å². The Labute approximate surface area is 146 Å². The average Bonchev–Trinajstić information content (AvgIpc) is 3.05. The molecule has 2 aromatic heterocycles. The summed E-state index contributed by atoms with van der Waals surface area (Å²) in [5, 5.41) is 0. The Hall–Kier alpha value is -2.83. The molecular weight excluding hydrogens is 320 g/mol. The standard InChI is InChI=1S/C18H22N4O3/c1-20(2)17-15(5-4-8-19-17)25-14-7-10-22(12-14)18(24)13-6-9-21(3)16(23)11-13/h4-6,8-9,11,14H,7,10,12H2,1-3H3/t14-/m0/s1. The molecular formula is C18H22N4O3. The van der Waals surface area contributed by atoms with Crippen LogP contribution in [0.15, 0.2) is 41.5 Å². The van der Waals surface area contributed by atoms with Gasteiger partial charge in [-0.25, -0.2) is 4.98 Å². The third kappa shape index (κ3) is 3.65. The minimum absolute atomic E-state index is 0.0848. The molecule has 0 aromatic carbocycles. The number of aryl methyl sites for hydroxylation is 1. The van der Waals surface area contributed by atoms with Gasteiger partial charge >= 0.3 is 0 Å². The molecule has 1 aliphatic rings. The van der Waals surface area contributed by atoms with Crippen LogP contribution >= 0.6 is 0 Å². The molecule has 0 bridgehead atoms. The van der Waals surface area contributed by atoms with Gasteiger partial charge in [0.2, 0.25) is 0 Å². The fraction of sp³-hybridized carbons (Fsp3) is 0.389.